The highest BCUT2D eigenvalue weighted by atomic mass is 16.1. The molecule has 17 heavy (non-hydrogen) atoms. The summed E-state index contributed by atoms with van der Waals surface area (Å²) in [5, 5.41) is 0. The SMILES string of the molecule is C=C(C)C(C)=O.C=CC.CCc1ccccc1. The average molecular weight is 232 g/mol. The molecule has 0 aliphatic rings. The number of hydrogen-bond donors (Lipinski definition) is 0. The van der Waals surface area contributed by atoms with Crippen LogP contribution in [0.15, 0.2) is 55.1 Å². The molecule has 0 fully saturated rings. The maximum atomic E-state index is 10.0. The fourth-order valence-corrected chi connectivity index (χ4v) is 0.714. The van der Waals surface area contributed by atoms with Gasteiger partial charge in [-0.25, -0.2) is 0 Å². The monoisotopic (exact) mass is 232 g/mol. The third kappa shape index (κ3) is 14.4. The second-order valence-electron chi connectivity index (χ2n) is 3.58. The summed E-state index contributed by atoms with van der Waals surface area (Å²) >= 11 is 0. The van der Waals surface area contributed by atoms with E-state index in [1.54, 1.807) is 13.0 Å². The van der Waals surface area contributed by atoms with Gasteiger partial charge in [0.05, 0.1) is 0 Å². The summed E-state index contributed by atoms with van der Waals surface area (Å²) in [6.45, 7) is 14.0. The molecular formula is C16H24O. The Bertz CT molecular complexity index is 311. The minimum Gasteiger partial charge on any atom is -0.295 e. The second kappa shape index (κ2) is 12.4. The maximum Gasteiger partial charge on any atom is 0.154 e. The van der Waals surface area contributed by atoms with Crippen LogP contribution in [0.2, 0.25) is 0 Å². The number of aryl methyl sites for hydroxylation is 1. The Balaban J connectivity index is 0. The van der Waals surface area contributed by atoms with Gasteiger partial charge in [0, 0.05) is 0 Å². The molecule has 1 rings (SSSR count). The largest absolute Gasteiger partial charge is 0.295 e. The first-order valence-corrected chi connectivity index (χ1v) is 5.76. The van der Waals surface area contributed by atoms with E-state index in [0.29, 0.717) is 5.57 Å². The molecule has 1 nitrogen and oxygen atoms in total. The molecular weight excluding hydrogens is 208 g/mol. The molecule has 0 N–H and O–H groups in total. The van der Waals surface area contributed by atoms with Crippen molar-refractivity contribution in [2.45, 2.75) is 34.1 Å². The Morgan fingerprint density at radius 1 is 1.24 bits per heavy atom. The summed E-state index contributed by atoms with van der Waals surface area (Å²) in [5.74, 6) is 0.0648. The molecule has 94 valence electrons. The predicted octanol–water partition coefficient (Wildman–Crippen LogP) is 4.59. The van der Waals surface area contributed by atoms with Crippen molar-refractivity contribution in [3.8, 4) is 0 Å². The van der Waals surface area contributed by atoms with Crippen LogP contribution in [0.3, 0.4) is 0 Å². The van der Waals surface area contributed by atoms with E-state index in [9.17, 15) is 4.79 Å². The van der Waals surface area contributed by atoms with E-state index in [4.69, 9.17) is 0 Å². The molecule has 0 saturated heterocycles. The number of hydrogen-bond acceptors (Lipinski definition) is 1. The number of carbonyl (C=O) groups is 1. The Hall–Kier alpha value is -1.63. The van der Waals surface area contributed by atoms with Crippen molar-refractivity contribution < 1.29 is 4.79 Å². The van der Waals surface area contributed by atoms with Crippen LogP contribution < -0.4 is 0 Å². The lowest BCUT2D eigenvalue weighted by atomic mass is 10.2. The van der Waals surface area contributed by atoms with Crippen LogP contribution in [0, 0.1) is 0 Å². The number of rotatable bonds is 2. The van der Waals surface area contributed by atoms with Crippen LogP contribution in [0.25, 0.3) is 0 Å². The first-order chi connectivity index (χ1) is 7.99. The van der Waals surface area contributed by atoms with Crippen molar-refractivity contribution in [2.24, 2.45) is 0 Å². The zero-order valence-electron chi connectivity index (χ0n) is 11.5. The molecule has 0 amide bonds. The van der Waals surface area contributed by atoms with Crippen LogP contribution in [-0.2, 0) is 11.2 Å². The summed E-state index contributed by atoms with van der Waals surface area (Å²) in [4.78, 5) is 10.0. The van der Waals surface area contributed by atoms with E-state index in [1.807, 2.05) is 13.0 Å². The highest BCUT2D eigenvalue weighted by Gasteiger charge is 1.85. The molecule has 0 bridgehead atoms. The molecule has 0 aliphatic heterocycles. The molecule has 0 heterocycles. The fraction of sp³-hybridized carbons (Fsp3) is 0.312. The van der Waals surface area contributed by atoms with Gasteiger partial charge in [0.2, 0.25) is 0 Å². The van der Waals surface area contributed by atoms with Crippen molar-refractivity contribution in [1.82, 2.24) is 0 Å². The molecule has 0 atom stereocenters. The van der Waals surface area contributed by atoms with E-state index in [-0.39, 0.29) is 5.78 Å². The van der Waals surface area contributed by atoms with Crippen LogP contribution in [0.4, 0.5) is 0 Å². The summed E-state index contributed by atoms with van der Waals surface area (Å²) in [6, 6.07) is 10.5. The predicted molar refractivity (Wildman–Crippen MR) is 77.2 cm³/mol. The van der Waals surface area contributed by atoms with Crippen molar-refractivity contribution in [3.05, 3.63) is 60.7 Å². The van der Waals surface area contributed by atoms with E-state index in [2.05, 4.69) is 44.3 Å². The summed E-state index contributed by atoms with van der Waals surface area (Å²) in [7, 11) is 0. The lowest BCUT2D eigenvalue weighted by molar-refractivity contribution is -0.113. The number of Topliss-reactive ketones (excluding diaryl/α,β-unsaturated/α-hetero) is 1. The highest BCUT2D eigenvalue weighted by molar-refractivity contribution is 5.91. The third-order valence-electron chi connectivity index (χ3n) is 1.85. The van der Waals surface area contributed by atoms with Gasteiger partial charge in [-0.2, -0.15) is 0 Å². The minimum absolute atomic E-state index is 0.0648. The fourth-order valence-electron chi connectivity index (χ4n) is 0.714. The van der Waals surface area contributed by atoms with Gasteiger partial charge in [0.1, 0.15) is 0 Å². The first-order valence-electron chi connectivity index (χ1n) is 5.76. The molecule has 1 aromatic carbocycles. The van der Waals surface area contributed by atoms with Crippen molar-refractivity contribution >= 4 is 5.78 Å². The van der Waals surface area contributed by atoms with E-state index in [0.717, 1.165) is 6.42 Å². The number of carbonyl (C=O) groups excluding carboxylic acids is 1. The first kappa shape index (κ1) is 17.8. The normalized spacial score (nSPS) is 7.76. The molecule has 0 aromatic heterocycles. The Morgan fingerprint density at radius 2 is 1.59 bits per heavy atom. The minimum atomic E-state index is 0.0648. The van der Waals surface area contributed by atoms with E-state index in [1.165, 1.54) is 12.5 Å². The standard InChI is InChI=1S/C8H10.C5H8O.C3H6/c1-2-8-6-4-3-5-7-8;1-4(2)5(3)6;1-3-2/h3-7H,2H2,1H3;1H2,2-3H3;3H,1H2,2H3. The summed E-state index contributed by atoms with van der Waals surface area (Å²) < 4.78 is 0. The smallest absolute Gasteiger partial charge is 0.154 e. The summed E-state index contributed by atoms with van der Waals surface area (Å²) in [5.41, 5.74) is 2.03. The second-order valence-corrected chi connectivity index (χ2v) is 3.58. The van der Waals surface area contributed by atoms with Gasteiger partial charge < -0.3 is 0 Å². The van der Waals surface area contributed by atoms with Crippen LogP contribution in [-0.4, -0.2) is 5.78 Å². The summed E-state index contributed by atoms with van der Waals surface area (Å²) in [6.07, 6.45) is 2.89. The Labute approximate surface area is 106 Å². The van der Waals surface area contributed by atoms with Gasteiger partial charge in [0.25, 0.3) is 0 Å². The number of allylic oxidation sites excluding steroid dienone is 2. The molecule has 0 spiro atoms. The van der Waals surface area contributed by atoms with Crippen LogP contribution in [0.5, 0.6) is 0 Å². The number of ketones is 1. The lowest BCUT2D eigenvalue weighted by Crippen LogP contribution is -1.86. The van der Waals surface area contributed by atoms with E-state index >= 15 is 0 Å². The van der Waals surface area contributed by atoms with Crippen molar-refractivity contribution in [3.63, 3.8) is 0 Å². The highest BCUT2D eigenvalue weighted by Crippen LogP contribution is 1.96. The van der Waals surface area contributed by atoms with E-state index < -0.39 is 0 Å². The van der Waals surface area contributed by atoms with Gasteiger partial charge in [0.15, 0.2) is 5.78 Å². The molecule has 0 saturated carbocycles. The van der Waals surface area contributed by atoms with Crippen LogP contribution in [0.1, 0.15) is 33.3 Å². The van der Waals surface area contributed by atoms with Crippen LogP contribution >= 0.6 is 0 Å². The molecule has 0 radical (unpaired) electrons. The molecule has 0 aliphatic carbocycles. The van der Waals surface area contributed by atoms with Gasteiger partial charge in [-0.15, -0.1) is 6.58 Å². The topological polar surface area (TPSA) is 17.1 Å². The zero-order valence-corrected chi connectivity index (χ0v) is 11.5. The van der Waals surface area contributed by atoms with Crippen molar-refractivity contribution in [1.29, 1.82) is 0 Å². The van der Waals surface area contributed by atoms with Gasteiger partial charge >= 0.3 is 0 Å². The Kier molecular flexibility index (Phi) is 13.0. The third-order valence-corrected chi connectivity index (χ3v) is 1.85. The average Bonchev–Trinajstić information content (AvgIpc) is 2.32. The molecule has 0 unspecified atom stereocenters. The molecule has 1 heteroatoms. The van der Waals surface area contributed by atoms with Crippen molar-refractivity contribution in [2.75, 3.05) is 0 Å². The van der Waals surface area contributed by atoms with Gasteiger partial charge in [-0.1, -0.05) is 49.9 Å². The van der Waals surface area contributed by atoms with Gasteiger partial charge in [-0.3, -0.25) is 4.79 Å². The molecule has 1 aromatic rings. The number of benzene rings is 1. The maximum absolute atomic E-state index is 10.0. The quantitative estimate of drug-likeness (QED) is 0.538. The lowest BCUT2D eigenvalue weighted by Gasteiger charge is -1.89. The van der Waals surface area contributed by atoms with Gasteiger partial charge in [-0.05, 0) is 38.3 Å². The Morgan fingerprint density at radius 3 is 1.76 bits per heavy atom. The zero-order chi connectivity index (χ0) is 13.7.